The van der Waals surface area contributed by atoms with E-state index in [1.54, 1.807) is 19.2 Å². The molecule has 4 atom stereocenters. The van der Waals surface area contributed by atoms with Gasteiger partial charge in [0.2, 0.25) is 0 Å². The Balaban J connectivity index is 1.36. The number of nitrogens with one attached hydrogen (secondary N) is 2. The Labute approximate surface area is 201 Å². The van der Waals surface area contributed by atoms with Crippen LogP contribution in [0.5, 0.6) is 5.75 Å². The molecule has 0 spiro atoms. The van der Waals surface area contributed by atoms with Gasteiger partial charge in [-0.15, -0.1) is 0 Å². The van der Waals surface area contributed by atoms with Gasteiger partial charge in [-0.05, 0) is 44.0 Å². The highest BCUT2D eigenvalue weighted by Gasteiger charge is 2.34. The number of nitrogens with two attached hydrogens (primary N) is 1. The van der Waals surface area contributed by atoms with Gasteiger partial charge in [0, 0.05) is 53.2 Å². The third-order valence-corrected chi connectivity index (χ3v) is 7.22. The number of benzene rings is 1. The van der Waals surface area contributed by atoms with Crippen LogP contribution in [0.4, 0.5) is 10.2 Å². The van der Waals surface area contributed by atoms with Gasteiger partial charge < -0.3 is 21.1 Å². The fourth-order valence-electron chi connectivity index (χ4n) is 4.70. The molecule has 2 aromatic heterocycles. The van der Waals surface area contributed by atoms with E-state index in [-0.39, 0.29) is 10.8 Å². The smallest absolute Gasteiger partial charge is 0.166 e. The first-order valence-electron chi connectivity index (χ1n) is 10.9. The highest BCUT2D eigenvalue weighted by molar-refractivity contribution is 6.36. The van der Waals surface area contributed by atoms with Crippen LogP contribution in [0.2, 0.25) is 10.0 Å². The van der Waals surface area contributed by atoms with Gasteiger partial charge in [-0.3, -0.25) is 4.68 Å². The van der Waals surface area contributed by atoms with E-state index in [0.29, 0.717) is 34.3 Å². The van der Waals surface area contributed by atoms with Crippen molar-refractivity contribution >= 4 is 29.0 Å². The lowest BCUT2D eigenvalue weighted by atomic mass is 9.91. The molecule has 4 N–H and O–H groups in total. The minimum absolute atomic E-state index is 0.0697. The number of anilines is 1. The Morgan fingerprint density at radius 3 is 2.91 bits per heavy atom. The van der Waals surface area contributed by atoms with E-state index in [1.807, 2.05) is 17.1 Å². The zero-order valence-electron chi connectivity index (χ0n) is 18.1. The van der Waals surface area contributed by atoms with Crippen LogP contribution >= 0.6 is 23.2 Å². The fraction of sp³-hybridized carbons (Fsp3) is 0.391. The van der Waals surface area contributed by atoms with E-state index in [4.69, 9.17) is 33.7 Å². The van der Waals surface area contributed by atoms with Crippen LogP contribution in [-0.4, -0.2) is 40.4 Å². The Bertz CT molecular complexity index is 1170. The van der Waals surface area contributed by atoms with Crippen LogP contribution in [0.25, 0.3) is 11.1 Å². The van der Waals surface area contributed by atoms with Gasteiger partial charge in [-0.25, -0.2) is 9.37 Å². The van der Waals surface area contributed by atoms with E-state index in [9.17, 15) is 4.39 Å². The van der Waals surface area contributed by atoms with E-state index < -0.39 is 11.9 Å². The van der Waals surface area contributed by atoms with Crippen molar-refractivity contribution in [1.29, 1.82) is 0 Å². The van der Waals surface area contributed by atoms with Gasteiger partial charge in [-0.2, -0.15) is 5.10 Å². The van der Waals surface area contributed by atoms with Crippen molar-refractivity contribution in [3.63, 3.8) is 0 Å². The number of halogens is 3. The topological polar surface area (TPSA) is 90.0 Å². The summed E-state index contributed by atoms with van der Waals surface area (Å²) in [5, 5.41) is 11.9. The third kappa shape index (κ3) is 4.40. The number of ether oxygens (including phenoxy) is 1. The summed E-state index contributed by atoms with van der Waals surface area (Å²) in [5.41, 5.74) is 8.15. The van der Waals surface area contributed by atoms with E-state index in [0.717, 1.165) is 37.2 Å². The predicted molar refractivity (Wildman–Crippen MR) is 127 cm³/mol. The van der Waals surface area contributed by atoms with E-state index >= 15 is 0 Å². The minimum atomic E-state index is -0.635. The second kappa shape index (κ2) is 9.10. The van der Waals surface area contributed by atoms with Gasteiger partial charge in [0.15, 0.2) is 11.6 Å². The molecule has 0 aliphatic carbocycles. The molecule has 174 valence electrons. The quantitative estimate of drug-likeness (QED) is 0.463. The monoisotopic (exact) mass is 490 g/mol. The first-order chi connectivity index (χ1) is 15.9. The highest BCUT2D eigenvalue weighted by Crippen LogP contribution is 2.37. The van der Waals surface area contributed by atoms with Crippen molar-refractivity contribution in [1.82, 2.24) is 25.4 Å². The van der Waals surface area contributed by atoms with Crippen LogP contribution in [0, 0.1) is 11.7 Å². The van der Waals surface area contributed by atoms with Crippen molar-refractivity contribution in [2.75, 3.05) is 25.4 Å². The molecule has 2 saturated heterocycles. The molecule has 5 rings (SSSR count). The SMILES string of the molecule is CC(Oc1cc(-c2cnn(C3CNC4CNCC4C3)c2)cnc1N)c1c(Cl)ccc(F)c1Cl. The van der Waals surface area contributed by atoms with Crippen LogP contribution in [0.15, 0.2) is 36.8 Å². The number of hydrogen-bond donors (Lipinski definition) is 3. The number of piperidine rings is 1. The molecule has 0 saturated carbocycles. The Morgan fingerprint density at radius 2 is 2.06 bits per heavy atom. The number of rotatable bonds is 5. The molecule has 2 aliphatic heterocycles. The summed E-state index contributed by atoms with van der Waals surface area (Å²) in [6.45, 7) is 4.71. The molecule has 2 fully saturated rings. The molecule has 2 aliphatic rings. The summed E-state index contributed by atoms with van der Waals surface area (Å²) in [4.78, 5) is 4.28. The number of nitrogens with zero attached hydrogens (tertiary/aromatic N) is 3. The lowest BCUT2D eigenvalue weighted by Crippen LogP contribution is -2.45. The van der Waals surface area contributed by atoms with Gasteiger partial charge >= 0.3 is 0 Å². The van der Waals surface area contributed by atoms with Crippen LogP contribution < -0.4 is 21.1 Å². The van der Waals surface area contributed by atoms with Crippen LogP contribution in [0.3, 0.4) is 0 Å². The largest absolute Gasteiger partial charge is 0.482 e. The Morgan fingerprint density at radius 1 is 1.21 bits per heavy atom. The Hall–Kier alpha value is -2.39. The second-order valence-electron chi connectivity index (χ2n) is 8.66. The van der Waals surface area contributed by atoms with Crippen molar-refractivity contribution in [2.24, 2.45) is 5.92 Å². The predicted octanol–water partition coefficient (Wildman–Crippen LogP) is 4.24. The van der Waals surface area contributed by atoms with Gasteiger partial charge in [0.1, 0.15) is 11.9 Å². The second-order valence-corrected chi connectivity index (χ2v) is 9.44. The summed E-state index contributed by atoms with van der Waals surface area (Å²) in [5.74, 6) is 0.648. The molecule has 33 heavy (non-hydrogen) atoms. The number of aromatic nitrogens is 3. The molecular weight excluding hydrogens is 466 g/mol. The molecule has 0 amide bonds. The molecule has 0 radical (unpaired) electrons. The number of hydrogen-bond acceptors (Lipinski definition) is 6. The van der Waals surface area contributed by atoms with Crippen molar-refractivity contribution in [3.05, 3.63) is 58.2 Å². The standard InChI is InChI=1S/C23H25Cl2FN6O/c1-12(21-17(24)2-3-18(26)22(21)25)33-20-5-13(7-30-23(20)27)15-8-31-32(11-15)16-4-14-6-28-10-19(14)29-9-16/h2-3,5,7-8,11-12,14,16,19,28-29H,4,6,9-10H2,1H3,(H2,27,30). The molecule has 7 nitrogen and oxygen atoms in total. The zero-order valence-corrected chi connectivity index (χ0v) is 19.6. The maximum absolute atomic E-state index is 14.0. The molecule has 1 aromatic carbocycles. The summed E-state index contributed by atoms with van der Waals surface area (Å²) in [7, 11) is 0. The van der Waals surface area contributed by atoms with Crippen LogP contribution in [0.1, 0.15) is 31.1 Å². The van der Waals surface area contributed by atoms with E-state index in [2.05, 4.69) is 20.7 Å². The normalized spacial score (nSPS) is 23.3. The number of fused-ring (bicyclic) bond motifs is 1. The first-order valence-corrected chi connectivity index (χ1v) is 11.7. The average molecular weight is 491 g/mol. The Kier molecular flexibility index (Phi) is 6.18. The molecular formula is C23H25Cl2FN6O. The van der Waals surface area contributed by atoms with Crippen LogP contribution in [-0.2, 0) is 0 Å². The van der Waals surface area contributed by atoms with Gasteiger partial charge in [0.25, 0.3) is 0 Å². The molecule has 4 unspecified atom stereocenters. The molecule has 4 heterocycles. The van der Waals surface area contributed by atoms with Crippen molar-refractivity contribution < 1.29 is 9.13 Å². The lowest BCUT2D eigenvalue weighted by molar-refractivity contribution is 0.227. The fourth-order valence-corrected chi connectivity index (χ4v) is 5.38. The lowest BCUT2D eigenvalue weighted by Gasteiger charge is -2.32. The minimum Gasteiger partial charge on any atom is -0.482 e. The average Bonchev–Trinajstić information content (AvgIpc) is 3.47. The van der Waals surface area contributed by atoms with Crippen molar-refractivity contribution in [2.45, 2.75) is 31.5 Å². The van der Waals surface area contributed by atoms with Gasteiger partial charge in [0.05, 0.1) is 17.3 Å². The summed E-state index contributed by atoms with van der Waals surface area (Å²) < 4.78 is 22.0. The van der Waals surface area contributed by atoms with E-state index in [1.165, 1.54) is 12.1 Å². The molecule has 3 aromatic rings. The summed E-state index contributed by atoms with van der Waals surface area (Å²) >= 11 is 12.4. The van der Waals surface area contributed by atoms with Crippen molar-refractivity contribution in [3.8, 4) is 16.9 Å². The summed E-state index contributed by atoms with van der Waals surface area (Å²) in [6, 6.07) is 5.33. The first kappa shape index (κ1) is 22.4. The maximum atomic E-state index is 14.0. The molecule has 10 heteroatoms. The number of nitrogen functional groups attached to an aromatic ring is 1. The highest BCUT2D eigenvalue weighted by atomic mass is 35.5. The third-order valence-electron chi connectivity index (χ3n) is 6.51. The van der Waals surface area contributed by atoms with Gasteiger partial charge in [-0.1, -0.05) is 23.2 Å². The maximum Gasteiger partial charge on any atom is 0.166 e. The molecule has 0 bridgehead atoms. The summed E-state index contributed by atoms with van der Waals surface area (Å²) in [6.07, 6.45) is 5.98. The zero-order chi connectivity index (χ0) is 23.1. The number of pyridine rings is 1.